The maximum Gasteiger partial charge on any atom is 0.261 e. The van der Waals surface area contributed by atoms with Crippen LogP contribution in [0.1, 0.15) is 41.7 Å². The minimum atomic E-state index is -0.390. The van der Waals surface area contributed by atoms with Gasteiger partial charge in [-0.15, -0.1) is 10.2 Å². The number of aromatic nitrogens is 2. The smallest absolute Gasteiger partial charge is 0.261 e. The van der Waals surface area contributed by atoms with Crippen LogP contribution in [0.4, 0.5) is 5.13 Å². The second-order valence-corrected chi connectivity index (χ2v) is 6.61. The van der Waals surface area contributed by atoms with Gasteiger partial charge in [0.05, 0.1) is 5.56 Å². The molecule has 20 heavy (non-hydrogen) atoms. The zero-order chi connectivity index (χ0) is 14.9. The molecule has 0 bridgehead atoms. The lowest BCUT2D eigenvalue weighted by Gasteiger charge is -2.12. The Labute approximate surface area is 121 Å². The highest BCUT2D eigenvalue weighted by atomic mass is 32.1. The predicted molar refractivity (Wildman–Crippen MR) is 79.4 cm³/mol. The molecule has 1 amide bonds. The fourth-order valence-electron chi connectivity index (χ4n) is 1.57. The zero-order valence-electron chi connectivity index (χ0n) is 11.9. The molecule has 5 nitrogen and oxygen atoms in total. The maximum atomic E-state index is 12.1. The molecule has 0 unspecified atom stereocenters. The number of anilines is 1. The molecule has 1 aromatic heterocycles. The van der Waals surface area contributed by atoms with Crippen LogP contribution in [-0.4, -0.2) is 21.2 Å². The molecule has 0 radical (unpaired) electrons. The van der Waals surface area contributed by atoms with E-state index in [-0.39, 0.29) is 22.6 Å². The Kier molecular flexibility index (Phi) is 3.76. The van der Waals surface area contributed by atoms with Crippen LogP contribution >= 0.6 is 11.3 Å². The van der Waals surface area contributed by atoms with Gasteiger partial charge in [-0.25, -0.2) is 0 Å². The average molecular weight is 291 g/mol. The number of benzene rings is 1. The van der Waals surface area contributed by atoms with Crippen LogP contribution in [0, 0.1) is 6.92 Å². The van der Waals surface area contributed by atoms with Crippen molar-refractivity contribution in [3.8, 4) is 5.75 Å². The second kappa shape index (κ2) is 5.20. The van der Waals surface area contributed by atoms with E-state index < -0.39 is 0 Å². The topological polar surface area (TPSA) is 75.1 Å². The lowest BCUT2D eigenvalue weighted by atomic mass is 9.98. The summed E-state index contributed by atoms with van der Waals surface area (Å²) in [5.74, 6) is -0.429. The van der Waals surface area contributed by atoms with Crippen molar-refractivity contribution < 1.29 is 9.90 Å². The Morgan fingerprint density at radius 2 is 2.00 bits per heavy atom. The first-order valence-electron chi connectivity index (χ1n) is 6.22. The highest BCUT2D eigenvalue weighted by Gasteiger charge is 2.20. The van der Waals surface area contributed by atoms with Gasteiger partial charge >= 0.3 is 0 Å². The number of aryl methyl sites for hydroxylation is 1. The molecule has 1 heterocycles. The Hall–Kier alpha value is -1.95. The molecule has 1 aromatic carbocycles. The molecule has 2 N–H and O–H groups in total. The summed E-state index contributed by atoms with van der Waals surface area (Å²) in [6, 6.07) is 4.91. The Morgan fingerprint density at radius 1 is 1.30 bits per heavy atom. The first-order chi connectivity index (χ1) is 9.27. The number of nitrogens with zero attached hydrogens (tertiary/aromatic N) is 2. The van der Waals surface area contributed by atoms with E-state index in [0.29, 0.717) is 5.13 Å². The van der Waals surface area contributed by atoms with Crippen molar-refractivity contribution in [2.45, 2.75) is 33.1 Å². The minimum Gasteiger partial charge on any atom is -0.507 e. The van der Waals surface area contributed by atoms with E-state index >= 15 is 0 Å². The minimum absolute atomic E-state index is 0.0388. The third-order valence-corrected chi connectivity index (χ3v) is 3.95. The summed E-state index contributed by atoms with van der Waals surface area (Å²) in [7, 11) is 0. The number of phenolic OH excluding ortho intramolecular Hbond substituents is 1. The van der Waals surface area contributed by atoms with Crippen LogP contribution in [0.5, 0.6) is 5.75 Å². The standard InChI is InChI=1S/C14H17N3O2S/c1-8-5-6-9(10(18)7-8)11(19)15-13-17-16-12(20-13)14(2,3)4/h5-7,18H,1-4H3,(H,15,17,19). The van der Waals surface area contributed by atoms with Crippen molar-refractivity contribution in [3.63, 3.8) is 0 Å². The monoisotopic (exact) mass is 291 g/mol. The van der Waals surface area contributed by atoms with Gasteiger partial charge in [-0.05, 0) is 24.6 Å². The number of nitrogens with one attached hydrogen (secondary N) is 1. The summed E-state index contributed by atoms with van der Waals surface area (Å²) >= 11 is 1.34. The van der Waals surface area contributed by atoms with Gasteiger partial charge in [0.15, 0.2) is 0 Å². The first-order valence-corrected chi connectivity index (χ1v) is 7.04. The number of aromatic hydroxyl groups is 1. The van der Waals surface area contributed by atoms with Crippen molar-refractivity contribution in [2.75, 3.05) is 5.32 Å². The Balaban J connectivity index is 2.17. The predicted octanol–water partition coefficient (Wildman–Crippen LogP) is 3.10. The molecule has 0 aliphatic heterocycles. The molecule has 0 saturated heterocycles. The van der Waals surface area contributed by atoms with Crippen LogP contribution in [-0.2, 0) is 5.41 Å². The van der Waals surface area contributed by atoms with E-state index in [4.69, 9.17) is 0 Å². The van der Waals surface area contributed by atoms with E-state index in [0.717, 1.165) is 10.6 Å². The maximum absolute atomic E-state index is 12.1. The lowest BCUT2D eigenvalue weighted by Crippen LogP contribution is -2.12. The molecule has 0 atom stereocenters. The fourth-order valence-corrected chi connectivity index (χ4v) is 2.37. The largest absolute Gasteiger partial charge is 0.507 e. The van der Waals surface area contributed by atoms with Crippen molar-refractivity contribution in [1.29, 1.82) is 0 Å². The summed E-state index contributed by atoms with van der Waals surface area (Å²) in [6.45, 7) is 7.95. The molecule has 6 heteroatoms. The van der Waals surface area contributed by atoms with Crippen LogP contribution < -0.4 is 5.32 Å². The molecule has 0 aliphatic rings. The average Bonchev–Trinajstić information content (AvgIpc) is 2.76. The number of rotatable bonds is 2. The molecule has 0 fully saturated rings. The van der Waals surface area contributed by atoms with Crippen molar-refractivity contribution in [1.82, 2.24) is 10.2 Å². The fraction of sp³-hybridized carbons (Fsp3) is 0.357. The number of amides is 1. The number of phenols is 1. The molecule has 2 rings (SSSR count). The molecule has 0 aliphatic carbocycles. The second-order valence-electron chi connectivity index (χ2n) is 5.64. The quantitative estimate of drug-likeness (QED) is 0.891. The summed E-state index contributed by atoms with van der Waals surface area (Å²) in [6.07, 6.45) is 0. The normalized spacial score (nSPS) is 11.4. The third-order valence-electron chi connectivity index (χ3n) is 2.68. The van der Waals surface area contributed by atoms with Gasteiger partial charge in [-0.3, -0.25) is 10.1 Å². The summed E-state index contributed by atoms with van der Waals surface area (Å²) in [5.41, 5.74) is 1.01. The SMILES string of the molecule is Cc1ccc(C(=O)Nc2nnc(C(C)(C)C)s2)c(O)c1. The van der Waals surface area contributed by atoms with Crippen LogP contribution in [0.15, 0.2) is 18.2 Å². The van der Waals surface area contributed by atoms with E-state index in [1.807, 2.05) is 27.7 Å². The van der Waals surface area contributed by atoms with Gasteiger partial charge in [-0.2, -0.15) is 0 Å². The van der Waals surface area contributed by atoms with Gasteiger partial charge in [0, 0.05) is 5.41 Å². The molecular weight excluding hydrogens is 274 g/mol. The number of carbonyl (C=O) groups is 1. The lowest BCUT2D eigenvalue weighted by molar-refractivity contribution is 0.102. The summed E-state index contributed by atoms with van der Waals surface area (Å²) < 4.78 is 0. The highest BCUT2D eigenvalue weighted by Crippen LogP contribution is 2.28. The molecule has 0 spiro atoms. The number of hydrogen-bond acceptors (Lipinski definition) is 5. The van der Waals surface area contributed by atoms with Crippen LogP contribution in [0.3, 0.4) is 0 Å². The zero-order valence-corrected chi connectivity index (χ0v) is 12.7. The Bertz CT molecular complexity index is 644. The van der Waals surface area contributed by atoms with Crippen molar-refractivity contribution in [2.24, 2.45) is 0 Å². The van der Waals surface area contributed by atoms with Gasteiger partial charge in [0.25, 0.3) is 5.91 Å². The first kappa shape index (κ1) is 14.5. The van der Waals surface area contributed by atoms with Gasteiger partial charge in [0.2, 0.25) is 5.13 Å². The Morgan fingerprint density at radius 3 is 2.55 bits per heavy atom. The van der Waals surface area contributed by atoms with E-state index in [9.17, 15) is 9.90 Å². The molecular formula is C14H17N3O2S. The van der Waals surface area contributed by atoms with E-state index in [1.54, 1.807) is 18.2 Å². The van der Waals surface area contributed by atoms with Gasteiger partial charge in [-0.1, -0.05) is 38.2 Å². The van der Waals surface area contributed by atoms with Crippen LogP contribution in [0.2, 0.25) is 0 Å². The molecule has 2 aromatic rings. The van der Waals surface area contributed by atoms with Crippen molar-refractivity contribution >= 4 is 22.4 Å². The molecule has 0 saturated carbocycles. The third kappa shape index (κ3) is 3.14. The van der Waals surface area contributed by atoms with Crippen molar-refractivity contribution in [3.05, 3.63) is 34.3 Å². The molecule has 106 valence electrons. The van der Waals surface area contributed by atoms with Gasteiger partial charge in [0.1, 0.15) is 10.8 Å². The number of carbonyl (C=O) groups excluding carboxylic acids is 1. The summed E-state index contributed by atoms with van der Waals surface area (Å²) in [4.78, 5) is 12.1. The van der Waals surface area contributed by atoms with E-state index in [1.165, 1.54) is 11.3 Å². The van der Waals surface area contributed by atoms with Gasteiger partial charge < -0.3 is 5.11 Å². The number of hydrogen-bond donors (Lipinski definition) is 2. The highest BCUT2D eigenvalue weighted by molar-refractivity contribution is 7.15. The van der Waals surface area contributed by atoms with Crippen LogP contribution in [0.25, 0.3) is 0 Å². The summed E-state index contributed by atoms with van der Waals surface area (Å²) in [5, 5.41) is 21.7. The van der Waals surface area contributed by atoms with E-state index in [2.05, 4.69) is 15.5 Å².